The number of amides is 2. The number of halogens is 6. The van der Waals surface area contributed by atoms with Crippen molar-refractivity contribution in [3.63, 3.8) is 0 Å². The molecule has 3 aromatic rings. The number of carbonyl (C=O) groups excluding carboxylic acids is 2. The van der Waals surface area contributed by atoms with Crippen molar-refractivity contribution in [2.45, 2.75) is 10.3 Å². The molecule has 2 atom stereocenters. The number of alkyl halides is 2. The summed E-state index contributed by atoms with van der Waals surface area (Å²) in [6.45, 7) is 0. The minimum atomic E-state index is -1.32. The van der Waals surface area contributed by atoms with Crippen LogP contribution >= 0.6 is 58.0 Å². The van der Waals surface area contributed by atoms with E-state index in [0.29, 0.717) is 27.0 Å². The predicted octanol–water partition coefficient (Wildman–Crippen LogP) is 7.59. The first-order chi connectivity index (χ1) is 16.0. The Hall–Kier alpha value is -2.02. The zero-order valence-electron chi connectivity index (χ0n) is 17.5. The zero-order valence-corrected chi connectivity index (χ0v) is 21.2. The maximum Gasteiger partial charge on any atom is 0.259 e. The van der Waals surface area contributed by atoms with Crippen LogP contribution in [0.5, 0.6) is 0 Å². The lowest BCUT2D eigenvalue weighted by atomic mass is 10.1. The Bertz CT molecular complexity index is 1280. The highest BCUT2D eigenvalue weighted by Crippen LogP contribution is 2.65. The summed E-state index contributed by atoms with van der Waals surface area (Å²) in [5, 5.41) is 3.66. The summed E-state index contributed by atoms with van der Waals surface area (Å²) in [5.74, 6) is -2.50. The molecule has 0 aliphatic heterocycles. The Kier molecular flexibility index (Phi) is 7.05. The van der Waals surface area contributed by atoms with Gasteiger partial charge in [0.05, 0.1) is 26.5 Å². The molecule has 3 aromatic carbocycles. The van der Waals surface area contributed by atoms with Crippen LogP contribution in [0, 0.1) is 11.7 Å². The summed E-state index contributed by atoms with van der Waals surface area (Å²) in [6, 6.07) is 14.9. The molecular weight excluding hydrogens is 545 g/mol. The molecule has 176 valence electrons. The van der Waals surface area contributed by atoms with E-state index in [1.54, 1.807) is 31.3 Å². The van der Waals surface area contributed by atoms with Gasteiger partial charge in [0.25, 0.3) is 5.91 Å². The fourth-order valence-electron chi connectivity index (χ4n) is 3.72. The summed E-state index contributed by atoms with van der Waals surface area (Å²) in [4.78, 5) is 27.3. The van der Waals surface area contributed by atoms with Gasteiger partial charge in [-0.25, -0.2) is 4.39 Å². The van der Waals surface area contributed by atoms with Gasteiger partial charge in [-0.3, -0.25) is 9.59 Å². The highest BCUT2D eigenvalue weighted by molar-refractivity contribution is 6.53. The molecule has 2 amide bonds. The molecule has 34 heavy (non-hydrogen) atoms. The molecule has 0 saturated heterocycles. The normalized spacial score (nSPS) is 18.3. The second-order valence-electron chi connectivity index (χ2n) is 7.83. The Morgan fingerprint density at radius 2 is 1.56 bits per heavy atom. The van der Waals surface area contributed by atoms with E-state index in [1.807, 2.05) is 0 Å². The molecule has 0 aromatic heterocycles. The average Bonchev–Trinajstić information content (AvgIpc) is 3.38. The molecule has 0 spiro atoms. The zero-order chi connectivity index (χ0) is 24.8. The fourth-order valence-corrected chi connectivity index (χ4v) is 5.06. The van der Waals surface area contributed by atoms with E-state index in [-0.39, 0.29) is 10.6 Å². The second-order valence-corrected chi connectivity index (χ2v) is 10.5. The van der Waals surface area contributed by atoms with Crippen molar-refractivity contribution in [2.75, 3.05) is 17.3 Å². The quantitative estimate of drug-likeness (QED) is 0.327. The van der Waals surface area contributed by atoms with Gasteiger partial charge in [0, 0.05) is 24.3 Å². The lowest BCUT2D eigenvalue weighted by molar-refractivity contribution is -0.117. The molecule has 10 heteroatoms. The summed E-state index contributed by atoms with van der Waals surface area (Å²) in [6.07, 6.45) is 0. The van der Waals surface area contributed by atoms with Gasteiger partial charge in [-0.1, -0.05) is 40.9 Å². The van der Waals surface area contributed by atoms with Crippen LogP contribution in [0.4, 0.5) is 15.8 Å². The first kappa shape index (κ1) is 25.1. The highest BCUT2D eigenvalue weighted by atomic mass is 35.5. The maximum absolute atomic E-state index is 13.2. The molecule has 1 aliphatic rings. The molecule has 0 radical (unpaired) electrons. The molecule has 2 unspecified atom stereocenters. The number of hydrogen-bond donors (Lipinski definition) is 1. The number of nitrogens with zero attached hydrogens (tertiary/aromatic N) is 1. The fraction of sp³-hybridized carbons (Fsp3) is 0.167. The Balaban J connectivity index is 1.53. The minimum Gasteiger partial charge on any atom is -0.326 e. The molecule has 1 fully saturated rings. The summed E-state index contributed by atoms with van der Waals surface area (Å²) in [7, 11) is 1.54. The van der Waals surface area contributed by atoms with Gasteiger partial charge in [-0.05, 0) is 60.2 Å². The summed E-state index contributed by atoms with van der Waals surface area (Å²) in [5.41, 5.74) is 1.67. The minimum absolute atomic E-state index is 0.158. The number of carbonyl (C=O) groups is 2. The van der Waals surface area contributed by atoms with Crippen LogP contribution in [0.3, 0.4) is 0 Å². The lowest BCUT2D eigenvalue weighted by Gasteiger charge is -2.18. The van der Waals surface area contributed by atoms with Gasteiger partial charge < -0.3 is 10.2 Å². The van der Waals surface area contributed by atoms with Gasteiger partial charge >= 0.3 is 0 Å². The van der Waals surface area contributed by atoms with Crippen molar-refractivity contribution in [1.29, 1.82) is 0 Å². The molecule has 0 bridgehead atoms. The number of nitrogens with one attached hydrogen (secondary N) is 1. The molecule has 1 N–H and O–H groups in total. The summed E-state index contributed by atoms with van der Waals surface area (Å²) < 4.78 is 11.9. The number of benzene rings is 3. The molecule has 1 saturated carbocycles. The van der Waals surface area contributed by atoms with E-state index in [1.165, 1.54) is 41.3 Å². The predicted molar refractivity (Wildman–Crippen MR) is 136 cm³/mol. The molecule has 4 nitrogen and oxygen atoms in total. The van der Waals surface area contributed by atoms with Gasteiger partial charge in [0.1, 0.15) is 10.2 Å². The van der Waals surface area contributed by atoms with E-state index in [4.69, 9.17) is 58.0 Å². The van der Waals surface area contributed by atoms with Crippen molar-refractivity contribution < 1.29 is 14.0 Å². The second kappa shape index (κ2) is 9.56. The van der Waals surface area contributed by atoms with Crippen LogP contribution < -0.4 is 10.2 Å². The molecule has 0 heterocycles. The Labute approximate surface area is 220 Å². The standard InChI is InChI=1S/C24H16Cl5FN2O2/c1-32(15-6-3-13(30)4-7-15)23(34)16-11-14(5-9-17(16)25)31-22(33)21-20(24(21,28)29)12-2-8-18(26)19(27)10-12/h2-11,20-21H,1H3,(H,31,33). The van der Waals surface area contributed by atoms with Crippen LogP contribution in [0.25, 0.3) is 0 Å². The molecular formula is C24H16Cl5FN2O2. The van der Waals surface area contributed by atoms with Crippen molar-refractivity contribution in [3.8, 4) is 0 Å². The average molecular weight is 561 g/mol. The van der Waals surface area contributed by atoms with Crippen LogP contribution in [0.15, 0.2) is 60.7 Å². The van der Waals surface area contributed by atoms with E-state index < -0.39 is 33.8 Å². The monoisotopic (exact) mass is 558 g/mol. The van der Waals surface area contributed by atoms with Crippen LogP contribution in [0.2, 0.25) is 15.1 Å². The molecule has 4 rings (SSSR count). The van der Waals surface area contributed by atoms with Gasteiger partial charge in [0.2, 0.25) is 5.91 Å². The van der Waals surface area contributed by atoms with Crippen molar-refractivity contribution >= 4 is 81.2 Å². The van der Waals surface area contributed by atoms with Crippen molar-refractivity contribution in [2.24, 2.45) is 5.92 Å². The Morgan fingerprint density at radius 3 is 2.21 bits per heavy atom. The third kappa shape index (κ3) is 4.86. The highest BCUT2D eigenvalue weighted by Gasteiger charge is 2.67. The van der Waals surface area contributed by atoms with E-state index in [9.17, 15) is 14.0 Å². The third-order valence-corrected chi connectivity index (χ3v) is 7.63. The number of anilines is 2. The SMILES string of the molecule is CN(C(=O)c1cc(NC(=O)C2C(c3ccc(Cl)c(Cl)c3)C2(Cl)Cl)ccc1Cl)c1ccc(F)cc1. The first-order valence-electron chi connectivity index (χ1n) is 9.97. The van der Waals surface area contributed by atoms with Gasteiger partial charge in [0.15, 0.2) is 0 Å². The van der Waals surface area contributed by atoms with Crippen LogP contribution in [0.1, 0.15) is 21.8 Å². The van der Waals surface area contributed by atoms with Crippen molar-refractivity contribution in [1.82, 2.24) is 0 Å². The van der Waals surface area contributed by atoms with Crippen LogP contribution in [-0.2, 0) is 4.79 Å². The largest absolute Gasteiger partial charge is 0.326 e. The number of rotatable bonds is 5. The molecule has 1 aliphatic carbocycles. The van der Waals surface area contributed by atoms with Crippen LogP contribution in [-0.4, -0.2) is 23.2 Å². The van der Waals surface area contributed by atoms with Gasteiger partial charge in [-0.15, -0.1) is 23.2 Å². The summed E-state index contributed by atoms with van der Waals surface area (Å²) >= 11 is 31.1. The number of hydrogen-bond acceptors (Lipinski definition) is 2. The smallest absolute Gasteiger partial charge is 0.259 e. The third-order valence-electron chi connectivity index (χ3n) is 5.62. The van der Waals surface area contributed by atoms with E-state index in [0.717, 1.165) is 0 Å². The Morgan fingerprint density at radius 1 is 0.912 bits per heavy atom. The van der Waals surface area contributed by atoms with Crippen molar-refractivity contribution in [3.05, 3.63) is 92.7 Å². The topological polar surface area (TPSA) is 49.4 Å². The van der Waals surface area contributed by atoms with E-state index in [2.05, 4.69) is 5.32 Å². The maximum atomic E-state index is 13.2. The van der Waals surface area contributed by atoms with E-state index >= 15 is 0 Å². The lowest BCUT2D eigenvalue weighted by Crippen LogP contribution is -2.26. The van der Waals surface area contributed by atoms with Gasteiger partial charge in [-0.2, -0.15) is 0 Å². The first-order valence-corrected chi connectivity index (χ1v) is 11.9.